The lowest BCUT2D eigenvalue weighted by Gasteiger charge is -2.32. The van der Waals surface area contributed by atoms with Gasteiger partial charge in [-0.1, -0.05) is 27.5 Å². The molecule has 0 unspecified atom stereocenters. The fraction of sp³-hybridized carbons (Fsp3) is 0.143. The normalized spacial score (nSPS) is 22.1. The van der Waals surface area contributed by atoms with Gasteiger partial charge in [-0.25, -0.2) is 9.98 Å². The Labute approximate surface area is 133 Å². The van der Waals surface area contributed by atoms with Crippen LogP contribution in [0, 0.1) is 0 Å². The minimum atomic E-state index is -0.818. The molecule has 0 saturated carbocycles. The van der Waals surface area contributed by atoms with Crippen molar-refractivity contribution in [2.45, 2.75) is 5.54 Å². The van der Waals surface area contributed by atoms with Crippen molar-refractivity contribution in [3.63, 3.8) is 0 Å². The van der Waals surface area contributed by atoms with Gasteiger partial charge in [0, 0.05) is 10.0 Å². The highest BCUT2D eigenvalue weighted by Gasteiger charge is 2.48. The Morgan fingerprint density at radius 3 is 2.81 bits per heavy atom. The van der Waals surface area contributed by atoms with E-state index in [0.717, 1.165) is 10.0 Å². The lowest BCUT2D eigenvalue weighted by molar-refractivity contribution is 0.260. The Morgan fingerprint density at radius 2 is 2.05 bits per heavy atom. The van der Waals surface area contributed by atoms with Gasteiger partial charge in [0.1, 0.15) is 23.2 Å². The number of nitrogens with two attached hydrogens (primary N) is 1. The standard InChI is InChI=1S/C14H9BrClN3O2/c15-7-1-2-9-8(5-7)14(6-20-13(17)19-14)12-10(21-9)3-4-11(16)18-12/h1-5H,6H2,(H2,17,19)/t14-/m0/s1. The number of rotatable bonds is 0. The summed E-state index contributed by atoms with van der Waals surface area (Å²) in [5, 5.41) is 0.371. The molecule has 0 radical (unpaired) electrons. The maximum atomic E-state index is 6.04. The number of hydrogen-bond acceptors (Lipinski definition) is 5. The number of ether oxygens (including phenoxy) is 2. The molecule has 21 heavy (non-hydrogen) atoms. The van der Waals surface area contributed by atoms with Crippen LogP contribution in [0.5, 0.6) is 11.5 Å². The van der Waals surface area contributed by atoms with Gasteiger partial charge in [-0.15, -0.1) is 0 Å². The molecule has 7 heteroatoms. The zero-order valence-corrected chi connectivity index (χ0v) is 13.0. The molecule has 0 amide bonds. The highest BCUT2D eigenvalue weighted by atomic mass is 79.9. The van der Waals surface area contributed by atoms with Crippen LogP contribution in [-0.2, 0) is 10.3 Å². The summed E-state index contributed by atoms with van der Waals surface area (Å²) in [5.74, 6) is 1.31. The van der Waals surface area contributed by atoms with E-state index >= 15 is 0 Å². The van der Waals surface area contributed by atoms with E-state index in [0.29, 0.717) is 22.3 Å². The van der Waals surface area contributed by atoms with Crippen molar-refractivity contribution in [3.05, 3.63) is 51.2 Å². The maximum absolute atomic E-state index is 6.04. The molecule has 2 aromatic rings. The predicted octanol–water partition coefficient (Wildman–Crippen LogP) is 3.19. The third-order valence-corrected chi connectivity index (χ3v) is 4.26. The van der Waals surface area contributed by atoms with Gasteiger partial charge in [0.15, 0.2) is 11.3 Å². The van der Waals surface area contributed by atoms with Gasteiger partial charge in [-0.3, -0.25) is 0 Å². The summed E-state index contributed by atoms with van der Waals surface area (Å²) in [6.45, 7) is 0.270. The van der Waals surface area contributed by atoms with Crippen molar-refractivity contribution >= 4 is 33.6 Å². The number of hydrogen-bond donors (Lipinski definition) is 1. The minimum absolute atomic E-state index is 0.135. The van der Waals surface area contributed by atoms with Crippen LogP contribution in [0.2, 0.25) is 5.15 Å². The first kappa shape index (κ1) is 12.9. The fourth-order valence-electron chi connectivity index (χ4n) is 2.65. The molecule has 0 fully saturated rings. The largest absolute Gasteiger partial charge is 0.462 e. The summed E-state index contributed by atoms with van der Waals surface area (Å²) >= 11 is 9.50. The van der Waals surface area contributed by atoms with E-state index in [-0.39, 0.29) is 12.6 Å². The number of aliphatic imine (C=N–C) groups is 1. The summed E-state index contributed by atoms with van der Waals surface area (Å²) in [6, 6.07) is 9.32. The summed E-state index contributed by atoms with van der Waals surface area (Å²) in [6.07, 6.45) is 0. The number of pyridine rings is 1. The van der Waals surface area contributed by atoms with Crippen molar-refractivity contribution in [1.82, 2.24) is 4.98 Å². The number of amidine groups is 1. The molecular formula is C14H9BrClN3O2. The van der Waals surface area contributed by atoms with Crippen molar-refractivity contribution in [2.24, 2.45) is 10.7 Å². The molecule has 5 nitrogen and oxygen atoms in total. The van der Waals surface area contributed by atoms with Crippen LogP contribution >= 0.6 is 27.5 Å². The van der Waals surface area contributed by atoms with E-state index in [1.54, 1.807) is 12.1 Å². The van der Waals surface area contributed by atoms with Crippen LogP contribution in [0.15, 0.2) is 39.8 Å². The third-order valence-electron chi connectivity index (χ3n) is 3.55. The van der Waals surface area contributed by atoms with Gasteiger partial charge >= 0.3 is 0 Å². The Hall–Kier alpha value is -1.79. The van der Waals surface area contributed by atoms with E-state index in [1.807, 2.05) is 18.2 Å². The molecule has 106 valence electrons. The Bertz CT molecular complexity index is 742. The number of aromatic nitrogens is 1. The van der Waals surface area contributed by atoms with E-state index in [9.17, 15) is 0 Å². The Kier molecular flexibility index (Phi) is 2.68. The van der Waals surface area contributed by atoms with Crippen LogP contribution in [0.25, 0.3) is 0 Å². The predicted molar refractivity (Wildman–Crippen MR) is 81.8 cm³/mol. The van der Waals surface area contributed by atoms with E-state index in [2.05, 4.69) is 25.9 Å². The van der Waals surface area contributed by atoms with Crippen molar-refractivity contribution in [1.29, 1.82) is 0 Å². The third kappa shape index (κ3) is 1.82. The highest BCUT2D eigenvalue weighted by Crippen LogP contribution is 2.50. The van der Waals surface area contributed by atoms with Gasteiger partial charge in [-0.2, -0.15) is 0 Å². The SMILES string of the molecule is NC1=N[C@@]2(CO1)c1cc(Br)ccc1Oc1ccc(Cl)nc12. The molecule has 2 N–H and O–H groups in total. The average molecular weight is 367 g/mol. The molecule has 2 aliphatic heterocycles. The van der Waals surface area contributed by atoms with Crippen LogP contribution in [0.3, 0.4) is 0 Å². The molecule has 0 aliphatic carbocycles. The van der Waals surface area contributed by atoms with Crippen molar-refractivity contribution in [3.8, 4) is 11.5 Å². The van der Waals surface area contributed by atoms with Gasteiger partial charge in [0.25, 0.3) is 6.02 Å². The molecule has 0 bridgehead atoms. The minimum Gasteiger partial charge on any atom is -0.462 e. The first-order valence-corrected chi connectivity index (χ1v) is 7.39. The lowest BCUT2D eigenvalue weighted by atomic mass is 9.85. The molecule has 0 saturated heterocycles. The smallest absolute Gasteiger partial charge is 0.283 e. The number of fused-ring (bicyclic) bond motifs is 4. The van der Waals surface area contributed by atoms with Crippen LogP contribution in [-0.4, -0.2) is 17.6 Å². The van der Waals surface area contributed by atoms with Gasteiger partial charge in [0.05, 0.1) is 0 Å². The van der Waals surface area contributed by atoms with Crippen LogP contribution < -0.4 is 10.5 Å². The molecule has 2 aliphatic rings. The Morgan fingerprint density at radius 1 is 1.24 bits per heavy atom. The monoisotopic (exact) mass is 365 g/mol. The maximum Gasteiger partial charge on any atom is 0.283 e. The number of nitrogens with zero attached hydrogens (tertiary/aromatic N) is 2. The first-order chi connectivity index (χ1) is 10.1. The summed E-state index contributed by atoms with van der Waals surface area (Å²) in [4.78, 5) is 8.89. The highest BCUT2D eigenvalue weighted by molar-refractivity contribution is 9.10. The van der Waals surface area contributed by atoms with Crippen LogP contribution in [0.4, 0.5) is 0 Å². The molecule has 4 rings (SSSR count). The average Bonchev–Trinajstić information content (AvgIpc) is 2.84. The lowest BCUT2D eigenvalue weighted by Crippen LogP contribution is -2.32. The number of halogens is 2. The molecule has 1 aromatic carbocycles. The molecule has 1 aromatic heterocycles. The number of benzene rings is 1. The van der Waals surface area contributed by atoms with Crippen LogP contribution in [0.1, 0.15) is 11.3 Å². The summed E-state index contributed by atoms with van der Waals surface area (Å²) < 4.78 is 12.2. The molecular weight excluding hydrogens is 358 g/mol. The van der Waals surface area contributed by atoms with E-state index in [1.165, 1.54) is 0 Å². The van der Waals surface area contributed by atoms with E-state index in [4.69, 9.17) is 26.8 Å². The molecule has 1 atom stereocenters. The zero-order chi connectivity index (χ0) is 14.6. The van der Waals surface area contributed by atoms with Gasteiger partial charge in [-0.05, 0) is 30.3 Å². The summed E-state index contributed by atoms with van der Waals surface area (Å²) in [7, 11) is 0. The topological polar surface area (TPSA) is 69.7 Å². The Balaban J connectivity index is 2.05. The molecule has 3 heterocycles. The first-order valence-electron chi connectivity index (χ1n) is 6.21. The second kappa shape index (κ2) is 4.35. The van der Waals surface area contributed by atoms with Gasteiger partial charge < -0.3 is 15.2 Å². The van der Waals surface area contributed by atoms with Crippen molar-refractivity contribution in [2.75, 3.05) is 6.61 Å². The fourth-order valence-corrected chi connectivity index (χ4v) is 3.16. The second-order valence-electron chi connectivity index (χ2n) is 4.82. The van der Waals surface area contributed by atoms with Gasteiger partial charge in [0.2, 0.25) is 0 Å². The summed E-state index contributed by atoms with van der Waals surface area (Å²) in [5.41, 5.74) is 6.39. The molecule has 1 spiro atoms. The zero-order valence-electron chi connectivity index (χ0n) is 10.6. The quantitative estimate of drug-likeness (QED) is 0.727. The second-order valence-corrected chi connectivity index (χ2v) is 6.13. The van der Waals surface area contributed by atoms with Crippen molar-refractivity contribution < 1.29 is 9.47 Å². The van der Waals surface area contributed by atoms with E-state index < -0.39 is 5.54 Å².